The smallest absolute Gasteiger partial charge is 0.194 e. The summed E-state index contributed by atoms with van der Waals surface area (Å²) < 4.78 is 0. The number of hydrogen-bond donors (Lipinski definition) is 2. The van der Waals surface area contributed by atoms with E-state index in [2.05, 4.69) is 49.6 Å². The van der Waals surface area contributed by atoms with Crippen molar-refractivity contribution < 1.29 is 0 Å². The Morgan fingerprint density at radius 2 is 2.25 bits per heavy atom. The molecule has 0 spiro atoms. The molecule has 0 bridgehead atoms. The lowest BCUT2D eigenvalue weighted by Crippen LogP contribution is -2.45. The van der Waals surface area contributed by atoms with Gasteiger partial charge in [-0.2, -0.15) is 5.10 Å². The molecular formula is C16H25N7S. The lowest BCUT2D eigenvalue weighted by atomic mass is 9.96. The quantitative estimate of drug-likeness (QED) is 0.640. The van der Waals surface area contributed by atoms with Crippen molar-refractivity contribution >= 4 is 17.3 Å². The SMILES string of the molecule is CCNC(=NCc1csc(CC)n1)N1CCC(c2ncn[nH]2)CC1. The molecule has 2 aromatic rings. The highest BCUT2D eigenvalue weighted by molar-refractivity contribution is 7.09. The van der Waals surface area contributed by atoms with Gasteiger partial charge in [-0.1, -0.05) is 6.92 Å². The number of nitrogens with zero attached hydrogens (tertiary/aromatic N) is 5. The lowest BCUT2D eigenvalue weighted by molar-refractivity contribution is 0.299. The summed E-state index contributed by atoms with van der Waals surface area (Å²) >= 11 is 1.72. The molecule has 130 valence electrons. The number of guanidine groups is 1. The fourth-order valence-electron chi connectivity index (χ4n) is 2.94. The van der Waals surface area contributed by atoms with E-state index in [1.807, 2.05) is 0 Å². The molecule has 0 amide bonds. The molecule has 8 heteroatoms. The summed E-state index contributed by atoms with van der Waals surface area (Å²) in [7, 11) is 0. The summed E-state index contributed by atoms with van der Waals surface area (Å²) in [6.45, 7) is 7.71. The largest absolute Gasteiger partial charge is 0.357 e. The molecule has 2 N–H and O–H groups in total. The fraction of sp³-hybridized carbons (Fsp3) is 0.625. The van der Waals surface area contributed by atoms with E-state index in [1.54, 1.807) is 17.7 Å². The van der Waals surface area contributed by atoms with E-state index in [9.17, 15) is 0 Å². The highest BCUT2D eigenvalue weighted by Crippen LogP contribution is 2.25. The number of aliphatic imine (C=N–C) groups is 1. The summed E-state index contributed by atoms with van der Waals surface area (Å²) in [6, 6.07) is 0. The van der Waals surface area contributed by atoms with Crippen molar-refractivity contribution in [1.82, 2.24) is 30.4 Å². The van der Waals surface area contributed by atoms with Crippen LogP contribution in [0, 0.1) is 0 Å². The van der Waals surface area contributed by atoms with Gasteiger partial charge in [0.05, 0.1) is 17.2 Å². The third-order valence-corrected chi connectivity index (χ3v) is 5.28. The second-order valence-electron chi connectivity index (χ2n) is 5.89. The number of rotatable bonds is 5. The highest BCUT2D eigenvalue weighted by Gasteiger charge is 2.24. The van der Waals surface area contributed by atoms with Gasteiger partial charge in [0, 0.05) is 30.9 Å². The molecule has 0 atom stereocenters. The first-order valence-corrected chi connectivity index (χ1v) is 9.49. The van der Waals surface area contributed by atoms with Gasteiger partial charge in [-0.15, -0.1) is 11.3 Å². The van der Waals surface area contributed by atoms with Gasteiger partial charge in [0.1, 0.15) is 12.2 Å². The van der Waals surface area contributed by atoms with Gasteiger partial charge in [0.2, 0.25) is 0 Å². The van der Waals surface area contributed by atoms with Crippen molar-refractivity contribution in [3.05, 3.63) is 28.2 Å². The molecule has 2 aromatic heterocycles. The van der Waals surface area contributed by atoms with Gasteiger partial charge in [-0.05, 0) is 26.2 Å². The lowest BCUT2D eigenvalue weighted by Gasteiger charge is -2.33. The number of aromatic nitrogens is 4. The Hall–Kier alpha value is -1.96. The van der Waals surface area contributed by atoms with Crippen LogP contribution >= 0.6 is 11.3 Å². The molecule has 0 unspecified atom stereocenters. The number of thiazole rings is 1. The molecule has 1 saturated heterocycles. The molecule has 1 aliphatic rings. The zero-order valence-corrected chi connectivity index (χ0v) is 15.1. The number of nitrogens with one attached hydrogen (secondary N) is 2. The summed E-state index contributed by atoms with van der Waals surface area (Å²) in [5, 5.41) is 13.7. The van der Waals surface area contributed by atoms with E-state index in [4.69, 9.17) is 4.99 Å². The van der Waals surface area contributed by atoms with E-state index < -0.39 is 0 Å². The van der Waals surface area contributed by atoms with Crippen LogP contribution in [0.15, 0.2) is 16.7 Å². The van der Waals surface area contributed by atoms with E-state index >= 15 is 0 Å². The van der Waals surface area contributed by atoms with E-state index in [0.29, 0.717) is 12.5 Å². The van der Waals surface area contributed by atoms with Gasteiger partial charge < -0.3 is 10.2 Å². The summed E-state index contributed by atoms with van der Waals surface area (Å²) in [4.78, 5) is 16.0. The Morgan fingerprint density at radius 3 is 2.88 bits per heavy atom. The minimum atomic E-state index is 0.470. The molecule has 0 aliphatic carbocycles. The van der Waals surface area contributed by atoms with Gasteiger partial charge in [-0.3, -0.25) is 5.10 Å². The van der Waals surface area contributed by atoms with E-state index in [-0.39, 0.29) is 0 Å². The molecule has 0 saturated carbocycles. The minimum absolute atomic E-state index is 0.470. The molecular weight excluding hydrogens is 322 g/mol. The Morgan fingerprint density at radius 1 is 1.42 bits per heavy atom. The normalized spacial score (nSPS) is 16.6. The number of piperidine rings is 1. The molecule has 24 heavy (non-hydrogen) atoms. The summed E-state index contributed by atoms with van der Waals surface area (Å²) in [5.41, 5.74) is 1.06. The van der Waals surface area contributed by atoms with Crippen molar-refractivity contribution in [1.29, 1.82) is 0 Å². The maximum Gasteiger partial charge on any atom is 0.194 e. The van der Waals surface area contributed by atoms with Crippen LogP contribution in [0.4, 0.5) is 0 Å². The first-order chi connectivity index (χ1) is 11.8. The minimum Gasteiger partial charge on any atom is -0.357 e. The molecule has 3 heterocycles. The van der Waals surface area contributed by atoms with Crippen molar-refractivity contribution in [2.45, 2.75) is 45.6 Å². The van der Waals surface area contributed by atoms with Crippen LogP contribution in [-0.2, 0) is 13.0 Å². The topological polar surface area (TPSA) is 82.1 Å². The molecule has 0 aromatic carbocycles. The van der Waals surface area contributed by atoms with Gasteiger partial charge >= 0.3 is 0 Å². The molecule has 3 rings (SSSR count). The summed E-state index contributed by atoms with van der Waals surface area (Å²) in [5.74, 6) is 2.46. The second kappa shape index (κ2) is 8.23. The Kier molecular flexibility index (Phi) is 5.79. The van der Waals surface area contributed by atoms with Crippen LogP contribution in [-0.4, -0.2) is 50.7 Å². The van der Waals surface area contributed by atoms with Crippen molar-refractivity contribution in [2.24, 2.45) is 4.99 Å². The van der Waals surface area contributed by atoms with Gasteiger partial charge in [0.15, 0.2) is 5.96 Å². The Labute approximate surface area is 146 Å². The monoisotopic (exact) mass is 347 g/mol. The van der Waals surface area contributed by atoms with Gasteiger partial charge in [0.25, 0.3) is 0 Å². The second-order valence-corrected chi connectivity index (χ2v) is 6.83. The van der Waals surface area contributed by atoms with E-state index in [1.165, 1.54) is 5.01 Å². The maximum atomic E-state index is 4.78. The van der Waals surface area contributed by atoms with Crippen LogP contribution in [0.25, 0.3) is 0 Å². The zero-order valence-electron chi connectivity index (χ0n) is 14.3. The highest BCUT2D eigenvalue weighted by atomic mass is 32.1. The number of aryl methyl sites for hydroxylation is 1. The summed E-state index contributed by atoms with van der Waals surface area (Å²) in [6.07, 6.45) is 4.71. The van der Waals surface area contributed by atoms with Crippen LogP contribution in [0.2, 0.25) is 0 Å². The Bertz CT molecular complexity index is 641. The molecule has 1 aliphatic heterocycles. The van der Waals surface area contributed by atoms with Crippen molar-refractivity contribution in [3.8, 4) is 0 Å². The molecule has 1 fully saturated rings. The third kappa shape index (κ3) is 4.11. The predicted molar refractivity (Wildman–Crippen MR) is 96.2 cm³/mol. The molecule has 0 radical (unpaired) electrons. The molecule has 7 nitrogen and oxygen atoms in total. The number of H-pyrrole nitrogens is 1. The van der Waals surface area contributed by atoms with Crippen LogP contribution < -0.4 is 5.32 Å². The zero-order chi connectivity index (χ0) is 16.8. The average Bonchev–Trinajstić information content (AvgIpc) is 3.30. The number of hydrogen-bond acceptors (Lipinski definition) is 5. The maximum absolute atomic E-state index is 4.78. The number of aromatic amines is 1. The number of likely N-dealkylation sites (tertiary alicyclic amines) is 1. The predicted octanol–water partition coefficient (Wildman–Crippen LogP) is 2.17. The van der Waals surface area contributed by atoms with E-state index in [0.717, 1.165) is 56.4 Å². The van der Waals surface area contributed by atoms with Crippen LogP contribution in [0.3, 0.4) is 0 Å². The fourth-order valence-corrected chi connectivity index (χ4v) is 3.68. The van der Waals surface area contributed by atoms with Crippen LogP contribution in [0.1, 0.15) is 49.1 Å². The van der Waals surface area contributed by atoms with Gasteiger partial charge in [-0.25, -0.2) is 15.0 Å². The van der Waals surface area contributed by atoms with Crippen molar-refractivity contribution in [3.63, 3.8) is 0 Å². The Balaban J connectivity index is 1.60. The van der Waals surface area contributed by atoms with Crippen LogP contribution in [0.5, 0.6) is 0 Å². The van der Waals surface area contributed by atoms with Crippen molar-refractivity contribution in [2.75, 3.05) is 19.6 Å². The average molecular weight is 347 g/mol. The first-order valence-electron chi connectivity index (χ1n) is 8.62. The third-order valence-electron chi connectivity index (χ3n) is 4.24. The standard InChI is InChI=1S/C16H25N7S/c1-3-14-21-13(10-24-14)9-18-16(17-4-2)23-7-5-12(6-8-23)15-19-11-20-22-15/h10-12H,3-9H2,1-2H3,(H,17,18)(H,19,20,22). The first kappa shape index (κ1) is 16.9.